The van der Waals surface area contributed by atoms with Crippen molar-refractivity contribution in [1.82, 2.24) is 14.8 Å². The lowest BCUT2D eigenvalue weighted by Gasteiger charge is -2.13. The van der Waals surface area contributed by atoms with Crippen LogP contribution in [0.2, 0.25) is 0 Å². The van der Waals surface area contributed by atoms with Gasteiger partial charge in [-0.3, -0.25) is 9.36 Å². The third-order valence-corrected chi connectivity index (χ3v) is 4.82. The van der Waals surface area contributed by atoms with Gasteiger partial charge >= 0.3 is 6.18 Å². The van der Waals surface area contributed by atoms with Crippen LogP contribution in [0.4, 0.5) is 18.9 Å². The van der Waals surface area contributed by atoms with E-state index in [1.165, 1.54) is 23.3 Å². The van der Waals surface area contributed by atoms with Crippen molar-refractivity contribution < 1.29 is 18.0 Å². The van der Waals surface area contributed by atoms with Gasteiger partial charge in [-0.2, -0.15) is 13.2 Å². The lowest BCUT2D eigenvalue weighted by molar-refractivity contribution is -0.137. The van der Waals surface area contributed by atoms with Crippen LogP contribution in [0.25, 0.3) is 5.69 Å². The fourth-order valence-electron chi connectivity index (χ4n) is 2.27. The van der Waals surface area contributed by atoms with E-state index < -0.39 is 17.6 Å². The minimum absolute atomic E-state index is 0.0316. The normalized spacial score (nSPS) is 11.4. The van der Waals surface area contributed by atoms with Crippen LogP contribution in [0.3, 0.4) is 0 Å². The molecule has 0 saturated heterocycles. The number of aromatic nitrogens is 3. The van der Waals surface area contributed by atoms with E-state index in [9.17, 15) is 18.0 Å². The molecule has 0 fully saturated rings. The summed E-state index contributed by atoms with van der Waals surface area (Å²) in [5.41, 5.74) is 0.722. The van der Waals surface area contributed by atoms with Crippen molar-refractivity contribution in [3.8, 4) is 5.69 Å². The van der Waals surface area contributed by atoms with E-state index in [1.54, 1.807) is 18.2 Å². The Labute approximate surface area is 160 Å². The first kappa shape index (κ1) is 18.4. The lowest BCUT2D eigenvalue weighted by Crippen LogP contribution is -2.14. The zero-order chi connectivity index (χ0) is 18.9. The highest BCUT2D eigenvalue weighted by atomic mass is 127. The summed E-state index contributed by atoms with van der Waals surface area (Å²) >= 11 is 2.10. The molecule has 0 aliphatic heterocycles. The van der Waals surface area contributed by atoms with Crippen LogP contribution in [0.5, 0.6) is 0 Å². The van der Waals surface area contributed by atoms with Gasteiger partial charge in [-0.1, -0.05) is 6.07 Å². The molecule has 0 bridgehead atoms. The predicted octanol–water partition coefficient (Wildman–Crippen LogP) is 4.45. The highest BCUT2D eigenvalue weighted by molar-refractivity contribution is 14.1. The summed E-state index contributed by atoms with van der Waals surface area (Å²) in [5.74, 6) is -0.489. The molecule has 0 spiro atoms. The van der Waals surface area contributed by atoms with E-state index in [0.29, 0.717) is 5.56 Å². The summed E-state index contributed by atoms with van der Waals surface area (Å²) in [4.78, 5) is 12.4. The Morgan fingerprint density at radius 2 is 1.81 bits per heavy atom. The number of halogens is 4. The first-order valence-corrected chi connectivity index (χ1v) is 8.47. The fraction of sp³-hybridized carbons (Fsp3) is 0.118. The molecule has 2 aromatic carbocycles. The van der Waals surface area contributed by atoms with Crippen LogP contribution in [-0.2, 0) is 6.18 Å². The van der Waals surface area contributed by atoms with Gasteiger partial charge < -0.3 is 5.32 Å². The van der Waals surface area contributed by atoms with Gasteiger partial charge in [-0.05, 0) is 65.4 Å². The summed E-state index contributed by atoms with van der Waals surface area (Å²) in [5, 5.41) is 9.70. The second-order valence-electron chi connectivity index (χ2n) is 5.55. The maximum absolute atomic E-state index is 13.2. The molecule has 3 aromatic rings. The lowest BCUT2D eigenvalue weighted by atomic mass is 10.1. The topological polar surface area (TPSA) is 59.8 Å². The summed E-state index contributed by atoms with van der Waals surface area (Å²) in [6.45, 7) is 1.90. The summed E-state index contributed by atoms with van der Waals surface area (Å²) in [6.07, 6.45) is -1.99. The molecule has 0 aliphatic carbocycles. The summed E-state index contributed by atoms with van der Waals surface area (Å²) in [6, 6.07) is 8.38. The van der Waals surface area contributed by atoms with Crippen molar-refractivity contribution >= 4 is 34.2 Å². The van der Waals surface area contributed by atoms with Crippen molar-refractivity contribution in [2.75, 3.05) is 5.32 Å². The number of nitrogens with zero attached hydrogens (tertiary/aromatic N) is 3. The molecule has 1 heterocycles. The van der Waals surface area contributed by atoms with Gasteiger partial charge in [0.25, 0.3) is 5.91 Å². The third kappa shape index (κ3) is 4.03. The Morgan fingerprint density at radius 1 is 1.12 bits per heavy atom. The molecule has 0 saturated carbocycles. The van der Waals surface area contributed by atoms with Crippen molar-refractivity contribution in [3.05, 3.63) is 69.3 Å². The molecule has 0 radical (unpaired) electrons. The standard InChI is InChI=1S/C17H12F3IN4O/c1-10-2-3-11(4-15(10)21)16(26)24-13-5-12(17(18,19)20)6-14(7-13)25-8-22-23-9-25/h2-9H,1H3,(H,24,26). The monoisotopic (exact) mass is 472 g/mol. The Hall–Kier alpha value is -2.43. The number of benzene rings is 2. The van der Waals surface area contributed by atoms with Crippen molar-refractivity contribution in [3.63, 3.8) is 0 Å². The van der Waals surface area contributed by atoms with Crippen LogP contribution in [-0.4, -0.2) is 20.7 Å². The number of carbonyl (C=O) groups excluding carboxylic acids is 1. The molecule has 0 aliphatic rings. The molecular formula is C17H12F3IN4O. The zero-order valence-electron chi connectivity index (χ0n) is 13.4. The van der Waals surface area contributed by atoms with Gasteiger partial charge in [0, 0.05) is 14.8 Å². The number of nitrogens with one attached hydrogen (secondary N) is 1. The summed E-state index contributed by atoms with van der Waals surface area (Å²) < 4.78 is 41.8. The number of hydrogen-bond donors (Lipinski definition) is 1. The highest BCUT2D eigenvalue weighted by Crippen LogP contribution is 2.33. The molecule has 1 N–H and O–H groups in total. The van der Waals surface area contributed by atoms with Gasteiger partial charge in [0.15, 0.2) is 0 Å². The Kier molecular flexibility index (Phi) is 4.99. The molecule has 1 aromatic heterocycles. The van der Waals surface area contributed by atoms with E-state index in [0.717, 1.165) is 21.3 Å². The number of rotatable bonds is 3. The number of carbonyl (C=O) groups is 1. The molecule has 5 nitrogen and oxygen atoms in total. The molecule has 0 atom stereocenters. The van der Waals surface area contributed by atoms with E-state index in [1.807, 2.05) is 6.92 Å². The maximum Gasteiger partial charge on any atom is 0.416 e. The van der Waals surface area contributed by atoms with Crippen molar-refractivity contribution in [2.24, 2.45) is 0 Å². The molecule has 134 valence electrons. The Bertz CT molecular complexity index is 955. The molecule has 1 amide bonds. The first-order valence-electron chi connectivity index (χ1n) is 7.39. The summed E-state index contributed by atoms with van der Waals surface area (Å²) in [7, 11) is 0. The van der Waals surface area contributed by atoms with Gasteiger partial charge in [0.05, 0.1) is 11.3 Å². The van der Waals surface area contributed by atoms with Gasteiger partial charge in [0.1, 0.15) is 12.7 Å². The van der Waals surface area contributed by atoms with E-state index >= 15 is 0 Å². The third-order valence-electron chi connectivity index (χ3n) is 3.65. The van der Waals surface area contributed by atoms with Gasteiger partial charge in [-0.25, -0.2) is 0 Å². The van der Waals surface area contributed by atoms with Gasteiger partial charge in [-0.15, -0.1) is 10.2 Å². The second-order valence-corrected chi connectivity index (χ2v) is 6.72. The maximum atomic E-state index is 13.2. The smallest absolute Gasteiger partial charge is 0.322 e. The number of hydrogen-bond acceptors (Lipinski definition) is 3. The average Bonchev–Trinajstić information content (AvgIpc) is 3.11. The molecule has 9 heteroatoms. The van der Waals surface area contributed by atoms with Crippen LogP contribution in [0.15, 0.2) is 49.1 Å². The minimum atomic E-state index is -4.55. The van der Waals surface area contributed by atoms with Crippen LogP contribution < -0.4 is 5.32 Å². The average molecular weight is 472 g/mol. The number of anilines is 1. The number of aryl methyl sites for hydroxylation is 1. The second kappa shape index (κ2) is 7.06. The molecule has 26 heavy (non-hydrogen) atoms. The SMILES string of the molecule is Cc1ccc(C(=O)Nc2cc(-n3cnnc3)cc(C(F)(F)F)c2)cc1I. The van der Waals surface area contributed by atoms with Crippen molar-refractivity contribution in [2.45, 2.75) is 13.1 Å². The Balaban J connectivity index is 1.97. The Morgan fingerprint density at radius 3 is 2.42 bits per heavy atom. The van der Waals surface area contributed by atoms with E-state index in [2.05, 4.69) is 38.1 Å². The fourth-order valence-corrected chi connectivity index (χ4v) is 2.78. The highest BCUT2D eigenvalue weighted by Gasteiger charge is 2.31. The largest absolute Gasteiger partial charge is 0.416 e. The quantitative estimate of drug-likeness (QED) is 0.574. The first-order chi connectivity index (χ1) is 12.2. The van der Waals surface area contributed by atoms with Crippen LogP contribution >= 0.6 is 22.6 Å². The van der Waals surface area contributed by atoms with E-state index in [-0.39, 0.29) is 11.4 Å². The predicted molar refractivity (Wildman–Crippen MR) is 98.2 cm³/mol. The van der Waals surface area contributed by atoms with Crippen LogP contribution in [0.1, 0.15) is 21.5 Å². The van der Waals surface area contributed by atoms with Crippen LogP contribution in [0, 0.1) is 10.5 Å². The molecule has 3 rings (SSSR count). The zero-order valence-corrected chi connectivity index (χ0v) is 15.5. The number of alkyl halides is 3. The van der Waals surface area contributed by atoms with E-state index in [4.69, 9.17) is 0 Å². The molecular weight excluding hydrogens is 460 g/mol. The minimum Gasteiger partial charge on any atom is -0.322 e. The van der Waals surface area contributed by atoms with Gasteiger partial charge in [0.2, 0.25) is 0 Å². The van der Waals surface area contributed by atoms with Crippen molar-refractivity contribution in [1.29, 1.82) is 0 Å². The number of amides is 1. The molecule has 0 unspecified atom stereocenters.